The number of aliphatic hydroxyl groups excluding tert-OH is 1. The SMILES string of the molecule is C[C@H](O)C(=O)NC[C@]1(O)C2CCC1C[C@@H](S(=O)(=O)c1cc(C(=O)Nc3cc(F)c(F)c(F)c3)ccc1Cl)C2. The van der Waals surface area contributed by atoms with Gasteiger partial charge in [0, 0.05) is 29.9 Å². The number of amides is 2. The van der Waals surface area contributed by atoms with Crippen molar-refractivity contribution < 1.29 is 41.4 Å². The fraction of sp³-hybridized carbons (Fsp3) is 0.440. The summed E-state index contributed by atoms with van der Waals surface area (Å²) in [6, 6.07) is 4.70. The van der Waals surface area contributed by atoms with Crippen LogP contribution in [0.2, 0.25) is 5.02 Å². The number of halogens is 4. The summed E-state index contributed by atoms with van der Waals surface area (Å²) in [5, 5.41) is 24.4. The van der Waals surface area contributed by atoms with E-state index in [2.05, 4.69) is 10.6 Å². The van der Waals surface area contributed by atoms with Gasteiger partial charge >= 0.3 is 0 Å². The van der Waals surface area contributed by atoms with E-state index in [4.69, 9.17) is 11.6 Å². The van der Waals surface area contributed by atoms with Crippen molar-refractivity contribution in [1.82, 2.24) is 5.32 Å². The van der Waals surface area contributed by atoms with Crippen molar-refractivity contribution in [3.05, 3.63) is 58.4 Å². The first-order valence-corrected chi connectivity index (χ1v) is 13.8. The molecular weight excluding hydrogens is 549 g/mol. The molecule has 3 atom stereocenters. The molecule has 0 aliphatic heterocycles. The highest BCUT2D eigenvalue weighted by Crippen LogP contribution is 2.52. The van der Waals surface area contributed by atoms with E-state index in [1.165, 1.54) is 19.1 Å². The minimum atomic E-state index is -4.08. The third-order valence-electron chi connectivity index (χ3n) is 7.48. The van der Waals surface area contributed by atoms with Gasteiger partial charge in [-0.05, 0) is 62.6 Å². The van der Waals surface area contributed by atoms with Crippen LogP contribution in [0.5, 0.6) is 0 Å². The standard InChI is InChI=1S/C25H26ClF3N2O6S/c1-12(32)23(33)30-11-25(35)14-3-4-15(25)8-17(7-14)38(36,37)21-6-13(2-5-18(21)26)24(34)31-16-9-19(27)22(29)20(28)10-16/h2,5-6,9-10,12,14-15,17,32,35H,3-4,7-8,11H2,1H3,(H,30,33)(H,31,34)/t12-,14?,15?,17-,25-/m0/s1. The summed E-state index contributed by atoms with van der Waals surface area (Å²) in [6.07, 6.45) is 0.0551. The number of nitrogens with one attached hydrogen (secondary N) is 2. The smallest absolute Gasteiger partial charge is 0.255 e. The van der Waals surface area contributed by atoms with E-state index in [1.54, 1.807) is 0 Å². The van der Waals surface area contributed by atoms with Crippen molar-refractivity contribution >= 4 is 38.9 Å². The summed E-state index contributed by atoms with van der Waals surface area (Å²) in [7, 11) is -4.08. The molecule has 0 heterocycles. The molecule has 2 aromatic carbocycles. The van der Waals surface area contributed by atoms with Crippen molar-refractivity contribution in [3.8, 4) is 0 Å². The van der Waals surface area contributed by atoms with Gasteiger partial charge in [-0.2, -0.15) is 0 Å². The Kier molecular flexibility index (Phi) is 7.81. The summed E-state index contributed by atoms with van der Waals surface area (Å²) in [5.74, 6) is -7.08. The van der Waals surface area contributed by atoms with Gasteiger partial charge in [-0.3, -0.25) is 9.59 Å². The summed E-state index contributed by atoms with van der Waals surface area (Å²) < 4.78 is 67.4. The quantitative estimate of drug-likeness (QED) is 0.376. The number of rotatable bonds is 7. The molecule has 38 heavy (non-hydrogen) atoms. The van der Waals surface area contributed by atoms with Gasteiger partial charge in [0.2, 0.25) is 5.91 Å². The average molecular weight is 575 g/mol. The fourth-order valence-corrected chi connectivity index (χ4v) is 7.80. The van der Waals surface area contributed by atoms with Crippen molar-refractivity contribution in [2.75, 3.05) is 11.9 Å². The van der Waals surface area contributed by atoms with E-state index in [9.17, 15) is 41.4 Å². The van der Waals surface area contributed by atoms with Crippen LogP contribution in [0.4, 0.5) is 18.9 Å². The molecule has 2 saturated carbocycles. The number of benzene rings is 2. The van der Waals surface area contributed by atoms with Crippen molar-refractivity contribution in [2.24, 2.45) is 11.8 Å². The van der Waals surface area contributed by atoms with Gasteiger partial charge in [-0.25, -0.2) is 21.6 Å². The maximum absolute atomic E-state index is 13.6. The zero-order valence-corrected chi connectivity index (χ0v) is 21.8. The summed E-state index contributed by atoms with van der Waals surface area (Å²) in [4.78, 5) is 24.2. The second kappa shape index (κ2) is 10.5. The molecule has 4 rings (SSSR count). The Balaban J connectivity index is 1.54. The van der Waals surface area contributed by atoms with Gasteiger partial charge in [-0.1, -0.05) is 11.6 Å². The lowest BCUT2D eigenvalue weighted by molar-refractivity contribution is -0.131. The third-order valence-corrected chi connectivity index (χ3v) is 10.1. The molecular formula is C25H26ClF3N2O6S. The summed E-state index contributed by atoms with van der Waals surface area (Å²) >= 11 is 6.21. The first kappa shape index (κ1) is 28.3. The molecule has 0 radical (unpaired) electrons. The van der Waals surface area contributed by atoms with Crippen LogP contribution in [0.25, 0.3) is 0 Å². The molecule has 2 aromatic rings. The van der Waals surface area contributed by atoms with E-state index < -0.39 is 67.9 Å². The van der Waals surface area contributed by atoms with Crippen LogP contribution in [0, 0.1) is 29.3 Å². The summed E-state index contributed by atoms with van der Waals surface area (Å²) in [5.41, 5.74) is -1.84. The van der Waals surface area contributed by atoms with Crippen LogP contribution in [0.3, 0.4) is 0 Å². The Labute approximate surface area is 222 Å². The Bertz CT molecular complexity index is 1350. The zero-order chi connectivity index (χ0) is 28.0. The molecule has 2 amide bonds. The summed E-state index contributed by atoms with van der Waals surface area (Å²) in [6.45, 7) is 1.19. The molecule has 0 spiro atoms. The van der Waals surface area contributed by atoms with Crippen LogP contribution in [0.1, 0.15) is 43.0 Å². The fourth-order valence-electron chi connectivity index (χ4n) is 5.40. The maximum atomic E-state index is 13.6. The number of sulfone groups is 1. The van der Waals surface area contributed by atoms with Gasteiger partial charge in [0.1, 0.15) is 6.10 Å². The number of carbonyl (C=O) groups is 2. The van der Waals surface area contributed by atoms with E-state index in [0.717, 1.165) is 6.07 Å². The predicted octanol–water partition coefficient (Wildman–Crippen LogP) is 3.20. The topological polar surface area (TPSA) is 133 Å². The molecule has 0 aromatic heterocycles. The van der Waals surface area contributed by atoms with Crippen LogP contribution < -0.4 is 10.6 Å². The first-order valence-electron chi connectivity index (χ1n) is 11.9. The second-order valence-corrected chi connectivity index (χ2v) is 12.5. The molecule has 2 fully saturated rings. The Hall–Kier alpha value is -2.67. The number of fused-ring (bicyclic) bond motifs is 2. The highest BCUT2D eigenvalue weighted by atomic mass is 35.5. The van der Waals surface area contributed by atoms with Gasteiger partial charge in [-0.15, -0.1) is 0 Å². The number of hydrogen-bond donors (Lipinski definition) is 4. The van der Waals surface area contributed by atoms with E-state index >= 15 is 0 Å². The average Bonchev–Trinajstić information content (AvgIpc) is 3.01. The monoisotopic (exact) mass is 574 g/mol. The molecule has 2 aliphatic carbocycles. The van der Waals surface area contributed by atoms with E-state index in [1.807, 2.05) is 0 Å². The van der Waals surface area contributed by atoms with Gasteiger partial charge < -0.3 is 20.8 Å². The molecule has 2 bridgehead atoms. The van der Waals surface area contributed by atoms with Gasteiger partial charge in [0.25, 0.3) is 5.91 Å². The number of hydrogen-bond acceptors (Lipinski definition) is 6. The van der Waals surface area contributed by atoms with Gasteiger partial charge in [0.05, 0.1) is 20.8 Å². The maximum Gasteiger partial charge on any atom is 0.255 e. The van der Waals surface area contributed by atoms with E-state index in [0.29, 0.717) is 25.0 Å². The normalized spacial score (nSPS) is 25.6. The molecule has 13 heteroatoms. The van der Waals surface area contributed by atoms with E-state index in [-0.39, 0.29) is 40.6 Å². The third kappa shape index (κ3) is 5.27. The van der Waals surface area contributed by atoms with Crippen LogP contribution >= 0.6 is 11.6 Å². The Morgan fingerprint density at radius 3 is 2.24 bits per heavy atom. The highest BCUT2D eigenvalue weighted by Gasteiger charge is 2.55. The molecule has 4 N–H and O–H groups in total. The van der Waals surface area contributed by atoms with Crippen LogP contribution in [-0.2, 0) is 14.6 Å². The molecule has 0 saturated heterocycles. The lowest BCUT2D eigenvalue weighted by Crippen LogP contribution is -2.55. The van der Waals surface area contributed by atoms with Crippen LogP contribution in [0.15, 0.2) is 35.2 Å². The Morgan fingerprint density at radius 2 is 1.68 bits per heavy atom. The molecule has 2 aliphatic rings. The lowest BCUT2D eigenvalue weighted by Gasteiger charge is -2.42. The zero-order valence-electron chi connectivity index (χ0n) is 20.2. The van der Waals surface area contributed by atoms with Gasteiger partial charge in [0.15, 0.2) is 27.3 Å². The number of aliphatic hydroxyl groups is 2. The molecule has 2 unspecified atom stereocenters. The Morgan fingerprint density at radius 1 is 1.11 bits per heavy atom. The largest absolute Gasteiger partial charge is 0.387 e. The van der Waals surface area contributed by atoms with Crippen molar-refractivity contribution in [1.29, 1.82) is 0 Å². The lowest BCUT2D eigenvalue weighted by atomic mass is 9.74. The first-order chi connectivity index (χ1) is 17.7. The predicted molar refractivity (Wildman–Crippen MR) is 132 cm³/mol. The van der Waals surface area contributed by atoms with Crippen molar-refractivity contribution in [3.63, 3.8) is 0 Å². The minimum absolute atomic E-state index is 0.0980. The van der Waals surface area contributed by atoms with Crippen LogP contribution in [-0.4, -0.2) is 53.9 Å². The minimum Gasteiger partial charge on any atom is -0.387 e. The number of carbonyl (C=O) groups excluding carboxylic acids is 2. The highest BCUT2D eigenvalue weighted by molar-refractivity contribution is 7.92. The molecule has 8 nitrogen and oxygen atoms in total. The second-order valence-electron chi connectivity index (χ2n) is 9.85. The van der Waals surface area contributed by atoms with Crippen molar-refractivity contribution in [2.45, 2.75) is 54.5 Å². The number of anilines is 1. The molecule has 206 valence electrons.